The summed E-state index contributed by atoms with van der Waals surface area (Å²) in [5.41, 5.74) is 2.93. The number of ether oxygens (including phenoxy) is 1. The zero-order valence-corrected chi connectivity index (χ0v) is 18.1. The molecular weight excluding hydrogens is 390 g/mol. The molecule has 0 radical (unpaired) electrons. The van der Waals surface area contributed by atoms with E-state index < -0.39 is 0 Å². The molecule has 0 saturated carbocycles. The molecule has 158 valence electrons. The number of carbonyl (C=O) groups is 1. The van der Waals surface area contributed by atoms with Crippen LogP contribution in [0, 0.1) is 18.8 Å². The van der Waals surface area contributed by atoms with Gasteiger partial charge in [0, 0.05) is 36.1 Å². The van der Waals surface area contributed by atoms with Gasteiger partial charge in [-0.25, -0.2) is 9.97 Å². The number of aryl methyl sites for hydroxylation is 1. The lowest BCUT2D eigenvalue weighted by atomic mass is 10.0. The highest BCUT2D eigenvalue weighted by Crippen LogP contribution is 2.26. The molecule has 0 saturated heterocycles. The van der Waals surface area contributed by atoms with Crippen molar-refractivity contribution in [1.29, 1.82) is 0 Å². The van der Waals surface area contributed by atoms with Crippen LogP contribution < -0.4 is 10.6 Å². The predicted octanol–water partition coefficient (Wildman–Crippen LogP) is 3.55. The Morgan fingerprint density at radius 2 is 2.03 bits per heavy atom. The van der Waals surface area contributed by atoms with Crippen molar-refractivity contribution in [3.63, 3.8) is 0 Å². The molecule has 2 aromatic heterocycles. The van der Waals surface area contributed by atoms with Gasteiger partial charge in [0.05, 0.1) is 12.1 Å². The van der Waals surface area contributed by atoms with Gasteiger partial charge in [-0.05, 0) is 50.6 Å². The van der Waals surface area contributed by atoms with Crippen molar-refractivity contribution in [2.75, 3.05) is 24.3 Å². The summed E-state index contributed by atoms with van der Waals surface area (Å²) in [5, 5.41) is 5.87. The molecule has 7 nitrogen and oxygen atoms in total. The SMILES string of the molecule is CNc1ccc(C#Cc2cc(C(=O)Nc3cn4c(n3)COCC4(C)C)ccc2C)cn1. The van der Waals surface area contributed by atoms with E-state index in [0.29, 0.717) is 24.6 Å². The van der Waals surface area contributed by atoms with Crippen molar-refractivity contribution < 1.29 is 9.53 Å². The minimum Gasteiger partial charge on any atom is -0.373 e. The lowest BCUT2D eigenvalue weighted by Crippen LogP contribution is -2.36. The number of hydrogen-bond donors (Lipinski definition) is 2. The molecule has 31 heavy (non-hydrogen) atoms. The topological polar surface area (TPSA) is 81.1 Å². The molecule has 2 N–H and O–H groups in total. The molecule has 4 rings (SSSR count). The average molecular weight is 415 g/mol. The third-order valence-corrected chi connectivity index (χ3v) is 5.22. The van der Waals surface area contributed by atoms with E-state index in [1.807, 2.05) is 38.4 Å². The normalized spacial score (nSPS) is 14.2. The number of nitrogens with one attached hydrogen (secondary N) is 2. The molecule has 0 atom stereocenters. The standard InChI is InChI=1S/C24H25N5O2/c1-16-5-8-19(11-18(16)9-6-17-7-10-20(25-4)26-12-17)23(30)28-21-13-29-22(27-21)14-31-15-24(29,2)3/h5,7-8,10-13H,14-15H2,1-4H3,(H,25,26)(H,28,30). The number of carbonyl (C=O) groups excluding carboxylic acids is 1. The van der Waals surface area contributed by atoms with Gasteiger partial charge >= 0.3 is 0 Å². The molecule has 1 amide bonds. The quantitative estimate of drug-likeness (QED) is 0.640. The van der Waals surface area contributed by atoms with Gasteiger partial charge in [-0.1, -0.05) is 17.9 Å². The molecule has 1 aliphatic heterocycles. The maximum atomic E-state index is 12.8. The zero-order chi connectivity index (χ0) is 22.0. The van der Waals surface area contributed by atoms with Crippen LogP contribution in [0.1, 0.15) is 46.7 Å². The van der Waals surface area contributed by atoms with Crippen LogP contribution in [0.3, 0.4) is 0 Å². The minimum absolute atomic E-state index is 0.198. The summed E-state index contributed by atoms with van der Waals surface area (Å²) >= 11 is 0. The summed E-state index contributed by atoms with van der Waals surface area (Å²) in [7, 11) is 1.82. The molecule has 3 heterocycles. The van der Waals surface area contributed by atoms with Crippen LogP contribution >= 0.6 is 0 Å². The first-order chi connectivity index (χ1) is 14.9. The molecule has 0 fully saturated rings. The van der Waals surface area contributed by atoms with Gasteiger partial charge in [-0.3, -0.25) is 4.79 Å². The van der Waals surface area contributed by atoms with Crippen molar-refractivity contribution in [3.8, 4) is 11.8 Å². The Labute approximate surface area is 181 Å². The lowest BCUT2D eigenvalue weighted by molar-refractivity contribution is 0.0182. The third-order valence-electron chi connectivity index (χ3n) is 5.22. The van der Waals surface area contributed by atoms with E-state index in [4.69, 9.17) is 4.74 Å². The number of fused-ring (bicyclic) bond motifs is 1. The van der Waals surface area contributed by atoms with Crippen LogP contribution in [0.2, 0.25) is 0 Å². The van der Waals surface area contributed by atoms with Gasteiger partial charge in [-0.2, -0.15) is 0 Å². The van der Waals surface area contributed by atoms with Gasteiger partial charge in [-0.15, -0.1) is 0 Å². The first-order valence-corrected chi connectivity index (χ1v) is 10.1. The van der Waals surface area contributed by atoms with Crippen LogP contribution in [0.5, 0.6) is 0 Å². The predicted molar refractivity (Wildman–Crippen MR) is 120 cm³/mol. The number of hydrogen-bond acceptors (Lipinski definition) is 5. The fourth-order valence-corrected chi connectivity index (χ4v) is 3.41. The Balaban J connectivity index is 1.54. The number of rotatable bonds is 3. The van der Waals surface area contributed by atoms with Crippen LogP contribution in [-0.4, -0.2) is 34.1 Å². The minimum atomic E-state index is -0.225. The number of benzene rings is 1. The van der Waals surface area contributed by atoms with Crippen LogP contribution in [0.15, 0.2) is 42.7 Å². The van der Waals surface area contributed by atoms with E-state index in [9.17, 15) is 4.79 Å². The van der Waals surface area contributed by atoms with Gasteiger partial charge < -0.3 is 19.9 Å². The zero-order valence-electron chi connectivity index (χ0n) is 18.1. The van der Waals surface area contributed by atoms with E-state index in [-0.39, 0.29) is 11.4 Å². The Bertz CT molecular complexity index is 1180. The molecule has 0 bridgehead atoms. The monoisotopic (exact) mass is 415 g/mol. The smallest absolute Gasteiger partial charge is 0.256 e. The van der Waals surface area contributed by atoms with E-state index >= 15 is 0 Å². The van der Waals surface area contributed by atoms with Gasteiger partial charge in [0.15, 0.2) is 5.82 Å². The Kier molecular flexibility index (Phi) is 5.49. The second kappa shape index (κ2) is 8.25. The lowest BCUT2D eigenvalue weighted by Gasteiger charge is -2.32. The molecular formula is C24H25N5O2. The number of amides is 1. The van der Waals surface area contributed by atoms with Crippen molar-refractivity contribution in [1.82, 2.24) is 14.5 Å². The molecule has 1 aliphatic rings. The first-order valence-electron chi connectivity index (χ1n) is 10.1. The number of aromatic nitrogens is 3. The van der Waals surface area contributed by atoms with Crippen molar-refractivity contribution in [2.45, 2.75) is 32.9 Å². The maximum Gasteiger partial charge on any atom is 0.256 e. The Hall–Kier alpha value is -3.63. The highest BCUT2D eigenvalue weighted by atomic mass is 16.5. The van der Waals surface area contributed by atoms with Crippen LogP contribution in [0.4, 0.5) is 11.6 Å². The maximum absolute atomic E-state index is 12.8. The number of nitrogens with zero attached hydrogens (tertiary/aromatic N) is 3. The summed E-state index contributed by atoms with van der Waals surface area (Å²) in [4.78, 5) is 21.6. The second-order valence-corrected chi connectivity index (χ2v) is 8.13. The Morgan fingerprint density at radius 1 is 1.19 bits per heavy atom. The molecule has 0 unspecified atom stereocenters. The van der Waals surface area contributed by atoms with Crippen LogP contribution in [-0.2, 0) is 16.9 Å². The average Bonchev–Trinajstić information content (AvgIpc) is 3.17. The third kappa shape index (κ3) is 4.44. The second-order valence-electron chi connectivity index (χ2n) is 8.13. The van der Waals surface area contributed by atoms with Gasteiger partial charge in [0.2, 0.25) is 0 Å². The summed E-state index contributed by atoms with van der Waals surface area (Å²) in [6.07, 6.45) is 3.59. The Morgan fingerprint density at radius 3 is 2.74 bits per heavy atom. The largest absolute Gasteiger partial charge is 0.373 e. The first kappa shape index (κ1) is 20.6. The van der Waals surface area contributed by atoms with Crippen LogP contribution in [0.25, 0.3) is 0 Å². The van der Waals surface area contributed by atoms with E-state index in [1.54, 1.807) is 18.3 Å². The highest BCUT2D eigenvalue weighted by molar-refractivity contribution is 6.04. The van der Waals surface area contributed by atoms with E-state index in [2.05, 4.69) is 50.9 Å². The summed E-state index contributed by atoms with van der Waals surface area (Å²) in [6, 6.07) is 9.27. The molecule has 0 aliphatic carbocycles. The fourth-order valence-electron chi connectivity index (χ4n) is 3.41. The number of imidazole rings is 1. The molecule has 3 aromatic rings. The molecule has 7 heteroatoms. The number of anilines is 2. The van der Waals surface area contributed by atoms with Gasteiger partial charge in [0.25, 0.3) is 5.91 Å². The van der Waals surface area contributed by atoms with Gasteiger partial charge in [0.1, 0.15) is 18.2 Å². The van der Waals surface area contributed by atoms with Crippen molar-refractivity contribution >= 4 is 17.5 Å². The fraction of sp³-hybridized carbons (Fsp3) is 0.292. The summed E-state index contributed by atoms with van der Waals surface area (Å²) < 4.78 is 7.66. The molecule has 0 spiro atoms. The summed E-state index contributed by atoms with van der Waals surface area (Å²) in [6.45, 7) is 7.18. The van der Waals surface area contributed by atoms with Crippen molar-refractivity contribution in [3.05, 3.63) is 70.8 Å². The van der Waals surface area contributed by atoms with E-state index in [0.717, 1.165) is 28.3 Å². The number of pyridine rings is 1. The highest BCUT2D eigenvalue weighted by Gasteiger charge is 2.29. The van der Waals surface area contributed by atoms with Crippen molar-refractivity contribution in [2.24, 2.45) is 0 Å². The molecule has 1 aromatic carbocycles. The van der Waals surface area contributed by atoms with E-state index in [1.165, 1.54) is 0 Å². The summed E-state index contributed by atoms with van der Waals surface area (Å²) in [5.74, 6) is 8.14.